The van der Waals surface area contributed by atoms with Crippen molar-refractivity contribution in [2.45, 2.75) is 46.1 Å². The highest BCUT2D eigenvalue weighted by Crippen LogP contribution is 2.08. The van der Waals surface area contributed by atoms with Crippen molar-refractivity contribution in [2.75, 3.05) is 0 Å². The minimum Gasteiger partial charge on any atom is -0.459 e. The molecule has 2 N–H and O–H groups in total. The second-order valence-electron chi connectivity index (χ2n) is 5.11. The number of hydrogen-bond acceptors (Lipinski definition) is 6. The summed E-state index contributed by atoms with van der Waals surface area (Å²) in [6, 6.07) is 0. The highest BCUT2D eigenvalue weighted by atomic mass is 16.6. The number of nitrogens with zero attached hydrogens (tertiary/aromatic N) is 2. The van der Waals surface area contributed by atoms with Gasteiger partial charge in [-0.1, -0.05) is 0 Å². The minimum absolute atomic E-state index is 0.283. The number of aliphatic hydroxyl groups excluding tert-OH is 1. The summed E-state index contributed by atoms with van der Waals surface area (Å²) in [6.45, 7) is 6.36. The van der Waals surface area contributed by atoms with Crippen molar-refractivity contribution in [1.82, 2.24) is 9.55 Å². The number of aryl methyl sites for hydroxylation is 1. The molecule has 0 atom stereocenters. The van der Waals surface area contributed by atoms with E-state index in [9.17, 15) is 9.59 Å². The smallest absolute Gasteiger partial charge is 0.326 e. The summed E-state index contributed by atoms with van der Waals surface area (Å²) in [5.41, 5.74) is -1.61. The van der Waals surface area contributed by atoms with Crippen LogP contribution in [-0.4, -0.2) is 31.3 Å². The predicted octanol–water partition coefficient (Wildman–Crippen LogP) is -0.123. The lowest BCUT2D eigenvalue weighted by atomic mass is 10.2. The summed E-state index contributed by atoms with van der Waals surface area (Å²) < 4.78 is 6.15. The maximum Gasteiger partial charge on any atom is 0.326 e. The minimum atomic E-state index is -1.93. The van der Waals surface area contributed by atoms with Gasteiger partial charge in [-0.25, -0.2) is 4.98 Å². The molecule has 19 heavy (non-hydrogen) atoms. The molecule has 0 saturated carbocycles. The second-order valence-corrected chi connectivity index (χ2v) is 5.11. The maximum absolute atomic E-state index is 11.9. The molecule has 0 amide bonds. The Kier molecular flexibility index (Phi) is 4.43. The number of carbonyl (C=O) groups is 1. The van der Waals surface area contributed by atoms with Crippen molar-refractivity contribution in [3.05, 3.63) is 27.9 Å². The van der Waals surface area contributed by atoms with Gasteiger partial charge in [0.1, 0.15) is 18.0 Å². The van der Waals surface area contributed by atoms with E-state index in [4.69, 9.17) is 14.9 Å². The van der Waals surface area contributed by atoms with Crippen LogP contribution in [0.3, 0.4) is 0 Å². The van der Waals surface area contributed by atoms with Crippen LogP contribution < -0.4 is 5.56 Å². The van der Waals surface area contributed by atoms with E-state index in [2.05, 4.69) is 4.98 Å². The molecule has 0 unspecified atom stereocenters. The first kappa shape index (κ1) is 15.3. The number of ether oxygens (including phenoxy) is 1. The first-order valence-electron chi connectivity index (χ1n) is 5.76. The summed E-state index contributed by atoms with van der Waals surface area (Å²) in [6.07, 6.45) is -0.848. The van der Waals surface area contributed by atoms with Gasteiger partial charge in [-0.3, -0.25) is 14.2 Å². The van der Waals surface area contributed by atoms with Gasteiger partial charge < -0.3 is 14.9 Å². The lowest BCUT2D eigenvalue weighted by molar-refractivity contribution is -0.155. The monoisotopic (exact) mass is 270 g/mol. The molecular weight excluding hydrogens is 252 g/mol. The molecule has 0 fully saturated rings. The molecule has 1 heterocycles. The standard InChI is InChI=1S/C12H18N2O5/c1-7-13-5-8(11(17)18)10(16)14(7)6-9(15)19-12(2,3)4/h5,11,17-18H,6H2,1-4H3. The van der Waals surface area contributed by atoms with Crippen LogP contribution in [-0.2, 0) is 16.1 Å². The van der Waals surface area contributed by atoms with Crippen molar-refractivity contribution in [3.8, 4) is 0 Å². The topological polar surface area (TPSA) is 102 Å². The molecule has 0 aliphatic carbocycles. The first-order chi connectivity index (χ1) is 8.61. The van der Waals surface area contributed by atoms with E-state index in [1.807, 2.05) is 0 Å². The van der Waals surface area contributed by atoms with E-state index in [0.717, 1.165) is 10.8 Å². The van der Waals surface area contributed by atoms with Gasteiger partial charge in [0.05, 0.1) is 5.56 Å². The second kappa shape index (κ2) is 5.50. The third-order valence-electron chi connectivity index (χ3n) is 2.26. The van der Waals surface area contributed by atoms with E-state index in [1.165, 1.54) is 0 Å². The van der Waals surface area contributed by atoms with Gasteiger partial charge in [0.2, 0.25) is 0 Å². The van der Waals surface area contributed by atoms with Crippen LogP contribution in [0.4, 0.5) is 0 Å². The fourth-order valence-corrected chi connectivity index (χ4v) is 1.46. The highest BCUT2D eigenvalue weighted by molar-refractivity contribution is 5.69. The largest absolute Gasteiger partial charge is 0.459 e. The lowest BCUT2D eigenvalue weighted by Gasteiger charge is -2.20. The Morgan fingerprint density at radius 2 is 2.05 bits per heavy atom. The number of aliphatic hydroxyl groups is 2. The lowest BCUT2D eigenvalue weighted by Crippen LogP contribution is -2.34. The third-order valence-corrected chi connectivity index (χ3v) is 2.26. The summed E-state index contributed by atoms with van der Waals surface area (Å²) in [5, 5.41) is 18.1. The van der Waals surface area contributed by atoms with Gasteiger partial charge in [0.15, 0.2) is 6.29 Å². The van der Waals surface area contributed by atoms with Crippen LogP contribution in [0, 0.1) is 6.92 Å². The van der Waals surface area contributed by atoms with Crippen LogP contribution >= 0.6 is 0 Å². The highest BCUT2D eigenvalue weighted by Gasteiger charge is 2.19. The molecule has 106 valence electrons. The zero-order chi connectivity index (χ0) is 14.8. The van der Waals surface area contributed by atoms with Crippen LogP contribution in [0.15, 0.2) is 11.0 Å². The predicted molar refractivity (Wildman–Crippen MR) is 66.3 cm³/mol. The Morgan fingerprint density at radius 1 is 1.47 bits per heavy atom. The molecule has 0 radical (unpaired) electrons. The third kappa shape index (κ3) is 4.15. The van der Waals surface area contributed by atoms with E-state index in [1.54, 1.807) is 27.7 Å². The first-order valence-corrected chi connectivity index (χ1v) is 5.76. The number of hydrogen-bond donors (Lipinski definition) is 2. The van der Waals surface area contributed by atoms with Gasteiger partial charge in [-0.05, 0) is 27.7 Å². The Morgan fingerprint density at radius 3 is 2.53 bits per heavy atom. The van der Waals surface area contributed by atoms with E-state index in [0.29, 0.717) is 5.82 Å². The van der Waals surface area contributed by atoms with Crippen molar-refractivity contribution >= 4 is 5.97 Å². The Bertz CT molecular complexity index is 528. The average molecular weight is 270 g/mol. The molecule has 0 aromatic carbocycles. The number of aromatic nitrogens is 2. The van der Waals surface area contributed by atoms with Gasteiger partial charge in [0.25, 0.3) is 5.56 Å². The normalized spacial score (nSPS) is 11.7. The Labute approximate surface area is 110 Å². The fourth-order valence-electron chi connectivity index (χ4n) is 1.46. The molecule has 1 aromatic heterocycles. The average Bonchev–Trinajstić information content (AvgIpc) is 2.21. The molecule has 0 aliphatic rings. The van der Waals surface area contributed by atoms with Crippen LogP contribution in [0.1, 0.15) is 38.4 Å². The molecule has 0 saturated heterocycles. The van der Waals surface area contributed by atoms with E-state index < -0.39 is 23.4 Å². The van der Waals surface area contributed by atoms with Crippen LogP contribution in [0.25, 0.3) is 0 Å². The molecule has 0 bridgehead atoms. The molecule has 1 rings (SSSR count). The van der Waals surface area contributed by atoms with Gasteiger partial charge in [-0.2, -0.15) is 0 Å². The van der Waals surface area contributed by atoms with Crippen molar-refractivity contribution in [1.29, 1.82) is 0 Å². The van der Waals surface area contributed by atoms with E-state index >= 15 is 0 Å². The summed E-state index contributed by atoms with van der Waals surface area (Å²) in [5.74, 6) is -0.302. The molecule has 0 aliphatic heterocycles. The molecule has 7 nitrogen and oxygen atoms in total. The maximum atomic E-state index is 11.9. The summed E-state index contributed by atoms with van der Waals surface area (Å²) in [4.78, 5) is 27.5. The Balaban J connectivity index is 3.05. The quantitative estimate of drug-likeness (QED) is 0.586. The van der Waals surface area contributed by atoms with Crippen LogP contribution in [0.5, 0.6) is 0 Å². The molecular formula is C12H18N2O5. The number of esters is 1. The molecule has 7 heteroatoms. The number of carbonyl (C=O) groups excluding carboxylic acids is 1. The molecule has 0 spiro atoms. The van der Waals surface area contributed by atoms with Gasteiger partial charge in [0, 0.05) is 6.20 Å². The zero-order valence-corrected chi connectivity index (χ0v) is 11.4. The van der Waals surface area contributed by atoms with Crippen molar-refractivity contribution in [2.24, 2.45) is 0 Å². The molecule has 1 aromatic rings. The van der Waals surface area contributed by atoms with Crippen molar-refractivity contribution < 1.29 is 19.7 Å². The summed E-state index contributed by atoms with van der Waals surface area (Å²) >= 11 is 0. The fraction of sp³-hybridized carbons (Fsp3) is 0.583. The Hall–Kier alpha value is -1.73. The van der Waals surface area contributed by atoms with Crippen LogP contribution in [0.2, 0.25) is 0 Å². The van der Waals surface area contributed by atoms with E-state index in [-0.39, 0.29) is 12.1 Å². The zero-order valence-electron chi connectivity index (χ0n) is 11.4. The van der Waals surface area contributed by atoms with Gasteiger partial charge in [-0.15, -0.1) is 0 Å². The van der Waals surface area contributed by atoms with Crippen molar-refractivity contribution in [3.63, 3.8) is 0 Å². The van der Waals surface area contributed by atoms with Gasteiger partial charge >= 0.3 is 5.97 Å². The number of rotatable bonds is 3. The summed E-state index contributed by atoms with van der Waals surface area (Å²) in [7, 11) is 0. The SMILES string of the molecule is Cc1ncc(C(O)O)c(=O)n1CC(=O)OC(C)(C)C.